The van der Waals surface area contributed by atoms with Gasteiger partial charge in [-0.25, -0.2) is 4.79 Å². The number of amides is 1. The van der Waals surface area contributed by atoms with E-state index in [1.807, 2.05) is 6.07 Å². The van der Waals surface area contributed by atoms with Crippen molar-refractivity contribution in [2.45, 2.75) is 0 Å². The van der Waals surface area contributed by atoms with Crippen LogP contribution in [0.1, 0.15) is 21.0 Å². The van der Waals surface area contributed by atoms with E-state index in [9.17, 15) is 9.59 Å². The summed E-state index contributed by atoms with van der Waals surface area (Å²) >= 11 is 12.3. The van der Waals surface area contributed by atoms with Crippen LogP contribution in [0.15, 0.2) is 24.3 Å². The molecule has 7 nitrogen and oxygen atoms in total. The number of hydrogen-bond donors (Lipinski definition) is 1. The average molecular weight is 383 g/mol. The monoisotopic (exact) mass is 382 g/mol. The van der Waals surface area contributed by atoms with E-state index >= 15 is 0 Å². The van der Waals surface area contributed by atoms with Gasteiger partial charge in [0, 0.05) is 44.3 Å². The lowest BCUT2D eigenvalue weighted by molar-refractivity contribution is 0.0688. The maximum Gasteiger partial charge on any atom is 0.356 e. The number of nitrogens with zero attached hydrogens (tertiary/aromatic N) is 4. The third-order valence-electron chi connectivity index (χ3n) is 4.13. The fraction of sp³-hybridized carbons (Fsp3) is 0.312. The highest BCUT2D eigenvalue weighted by Crippen LogP contribution is 2.29. The van der Waals surface area contributed by atoms with Gasteiger partial charge < -0.3 is 14.9 Å². The van der Waals surface area contributed by atoms with Crippen LogP contribution in [0.25, 0.3) is 0 Å². The van der Waals surface area contributed by atoms with E-state index in [-0.39, 0.29) is 17.3 Å². The molecule has 0 spiro atoms. The van der Waals surface area contributed by atoms with E-state index in [1.54, 1.807) is 24.1 Å². The van der Waals surface area contributed by atoms with Crippen molar-refractivity contribution in [2.75, 3.05) is 31.1 Å². The van der Waals surface area contributed by atoms with E-state index in [0.717, 1.165) is 5.69 Å². The molecule has 1 saturated heterocycles. The van der Waals surface area contributed by atoms with Crippen LogP contribution in [0.2, 0.25) is 10.0 Å². The van der Waals surface area contributed by atoms with Gasteiger partial charge in [-0.3, -0.25) is 9.48 Å². The zero-order valence-electron chi connectivity index (χ0n) is 13.4. The minimum atomic E-state index is -1.16. The highest BCUT2D eigenvalue weighted by Gasteiger charge is 2.26. The van der Waals surface area contributed by atoms with Crippen LogP contribution in [-0.4, -0.2) is 57.8 Å². The Morgan fingerprint density at radius 2 is 1.80 bits per heavy atom. The van der Waals surface area contributed by atoms with Gasteiger partial charge in [-0.1, -0.05) is 23.2 Å². The molecule has 0 atom stereocenters. The summed E-state index contributed by atoms with van der Waals surface area (Å²) in [5.41, 5.74) is 0.955. The molecule has 0 unspecified atom stereocenters. The Kier molecular flexibility index (Phi) is 4.87. The van der Waals surface area contributed by atoms with Gasteiger partial charge in [0.1, 0.15) is 5.69 Å². The van der Waals surface area contributed by atoms with Crippen LogP contribution in [0, 0.1) is 0 Å². The summed E-state index contributed by atoms with van der Waals surface area (Å²) in [6.45, 7) is 2.20. The Balaban J connectivity index is 1.71. The lowest BCUT2D eigenvalue weighted by Gasteiger charge is -2.36. The number of aryl methyl sites for hydroxylation is 1. The van der Waals surface area contributed by atoms with Crippen molar-refractivity contribution < 1.29 is 14.7 Å². The molecule has 1 fully saturated rings. The third-order valence-corrected chi connectivity index (χ3v) is 4.69. The van der Waals surface area contributed by atoms with Crippen LogP contribution < -0.4 is 4.90 Å². The minimum Gasteiger partial charge on any atom is -0.476 e. The third kappa shape index (κ3) is 3.57. The molecule has 0 saturated carbocycles. The molecule has 1 aliphatic rings. The zero-order valence-corrected chi connectivity index (χ0v) is 15.0. The lowest BCUT2D eigenvalue weighted by Crippen LogP contribution is -2.49. The van der Waals surface area contributed by atoms with E-state index in [0.29, 0.717) is 36.2 Å². The SMILES string of the molecule is Cn1nc(C(=O)O)cc1C(=O)N1CCN(c2cc(Cl)ccc2Cl)CC1. The Morgan fingerprint density at radius 3 is 2.40 bits per heavy atom. The standard InChI is InChI=1S/C16H16Cl2N4O3/c1-20-14(9-12(19-20)16(24)25)15(23)22-6-4-21(5-7-22)13-8-10(17)2-3-11(13)18/h2-3,8-9H,4-7H2,1H3,(H,24,25). The quantitative estimate of drug-likeness (QED) is 0.881. The average Bonchev–Trinajstić information content (AvgIpc) is 2.99. The fourth-order valence-corrected chi connectivity index (χ4v) is 3.22. The second-order valence-electron chi connectivity index (χ2n) is 5.72. The van der Waals surface area contributed by atoms with E-state index in [4.69, 9.17) is 28.3 Å². The first kappa shape index (κ1) is 17.6. The second-order valence-corrected chi connectivity index (χ2v) is 6.56. The number of benzene rings is 1. The highest BCUT2D eigenvalue weighted by molar-refractivity contribution is 6.35. The number of rotatable bonds is 3. The first-order valence-electron chi connectivity index (χ1n) is 7.63. The molecule has 0 bridgehead atoms. The van der Waals surface area contributed by atoms with Crippen molar-refractivity contribution in [2.24, 2.45) is 7.05 Å². The predicted octanol–water partition coefficient (Wildman–Crippen LogP) is 2.39. The Hall–Kier alpha value is -2.25. The van der Waals surface area contributed by atoms with Crippen molar-refractivity contribution in [3.63, 3.8) is 0 Å². The van der Waals surface area contributed by atoms with Crippen LogP contribution in [0.5, 0.6) is 0 Å². The van der Waals surface area contributed by atoms with Gasteiger partial charge in [-0.05, 0) is 18.2 Å². The van der Waals surface area contributed by atoms with Crippen LogP contribution >= 0.6 is 23.2 Å². The number of aromatic nitrogens is 2. The van der Waals surface area contributed by atoms with Crippen molar-refractivity contribution in [1.29, 1.82) is 0 Å². The second kappa shape index (κ2) is 6.93. The number of carbonyl (C=O) groups is 2. The normalized spacial score (nSPS) is 14.7. The van der Waals surface area contributed by atoms with E-state index in [2.05, 4.69) is 10.00 Å². The number of carboxylic acid groups (broad SMARTS) is 1. The van der Waals surface area contributed by atoms with Gasteiger partial charge in [0.2, 0.25) is 0 Å². The molecule has 2 heterocycles. The maximum absolute atomic E-state index is 12.6. The van der Waals surface area contributed by atoms with E-state index < -0.39 is 5.97 Å². The molecule has 9 heteroatoms. The minimum absolute atomic E-state index is 0.143. The number of aromatic carboxylic acids is 1. The molecule has 1 aliphatic heterocycles. The molecule has 25 heavy (non-hydrogen) atoms. The van der Waals surface area contributed by atoms with Crippen LogP contribution in [0.3, 0.4) is 0 Å². The summed E-state index contributed by atoms with van der Waals surface area (Å²) < 4.78 is 1.30. The Bertz CT molecular complexity index is 829. The maximum atomic E-state index is 12.6. The molecule has 0 aliphatic carbocycles. The number of piperazine rings is 1. The highest BCUT2D eigenvalue weighted by atomic mass is 35.5. The first-order chi connectivity index (χ1) is 11.9. The van der Waals surface area contributed by atoms with Gasteiger partial charge in [0.15, 0.2) is 5.69 Å². The number of anilines is 1. The number of hydrogen-bond acceptors (Lipinski definition) is 4. The molecule has 2 aromatic rings. The molecule has 0 radical (unpaired) electrons. The summed E-state index contributed by atoms with van der Waals surface area (Å²) in [6.07, 6.45) is 0. The summed E-state index contributed by atoms with van der Waals surface area (Å²) in [5.74, 6) is -1.39. The van der Waals surface area contributed by atoms with Crippen LogP contribution in [-0.2, 0) is 7.05 Å². The fourth-order valence-electron chi connectivity index (χ4n) is 2.81. The largest absolute Gasteiger partial charge is 0.476 e. The summed E-state index contributed by atoms with van der Waals surface area (Å²) in [6, 6.07) is 6.59. The lowest BCUT2D eigenvalue weighted by atomic mass is 10.2. The van der Waals surface area contributed by atoms with E-state index in [1.165, 1.54) is 10.7 Å². The van der Waals surface area contributed by atoms with Gasteiger partial charge in [-0.2, -0.15) is 5.10 Å². The molecule has 1 aromatic carbocycles. The zero-order chi connectivity index (χ0) is 18.1. The number of carbonyl (C=O) groups excluding carboxylic acids is 1. The summed E-state index contributed by atoms with van der Waals surface area (Å²) in [7, 11) is 1.56. The molecular weight excluding hydrogens is 367 g/mol. The Labute approximate surface area is 154 Å². The smallest absolute Gasteiger partial charge is 0.356 e. The van der Waals surface area contributed by atoms with Crippen molar-refractivity contribution in [3.05, 3.63) is 45.7 Å². The van der Waals surface area contributed by atoms with Crippen molar-refractivity contribution >= 4 is 40.8 Å². The number of halogens is 2. The van der Waals surface area contributed by atoms with Crippen molar-refractivity contribution in [1.82, 2.24) is 14.7 Å². The molecule has 1 aromatic heterocycles. The summed E-state index contributed by atoms with van der Waals surface area (Å²) in [5, 5.41) is 14.0. The summed E-state index contributed by atoms with van der Waals surface area (Å²) in [4.78, 5) is 27.4. The predicted molar refractivity (Wildman–Crippen MR) is 94.7 cm³/mol. The van der Waals surface area contributed by atoms with Crippen molar-refractivity contribution in [3.8, 4) is 0 Å². The van der Waals surface area contributed by atoms with Crippen LogP contribution in [0.4, 0.5) is 5.69 Å². The molecule has 1 amide bonds. The van der Waals surface area contributed by atoms with Gasteiger partial charge in [-0.15, -0.1) is 0 Å². The van der Waals surface area contributed by atoms with Gasteiger partial charge in [0.25, 0.3) is 5.91 Å². The Morgan fingerprint density at radius 1 is 1.12 bits per heavy atom. The van der Waals surface area contributed by atoms with Gasteiger partial charge >= 0.3 is 5.97 Å². The molecule has 3 rings (SSSR count). The molecule has 1 N–H and O–H groups in total. The molecule has 132 valence electrons. The number of carboxylic acids is 1. The first-order valence-corrected chi connectivity index (χ1v) is 8.39. The van der Waals surface area contributed by atoms with Gasteiger partial charge in [0.05, 0.1) is 10.7 Å². The topological polar surface area (TPSA) is 78.7 Å². The molecular formula is C16H16Cl2N4O3.